The topological polar surface area (TPSA) is 237 Å². The highest BCUT2D eigenvalue weighted by Crippen LogP contribution is 2.45. The second kappa shape index (κ2) is 62.8. The molecule has 91 heavy (non-hydrogen) atoms. The summed E-state index contributed by atoms with van der Waals surface area (Å²) in [6.07, 6.45) is 47.5. The van der Waals surface area contributed by atoms with E-state index in [9.17, 15) is 43.2 Å². The Hall–Kier alpha value is -1.94. The van der Waals surface area contributed by atoms with E-state index in [2.05, 4.69) is 48.5 Å². The van der Waals surface area contributed by atoms with Crippen LogP contribution in [0.3, 0.4) is 0 Å². The van der Waals surface area contributed by atoms with Gasteiger partial charge in [0.25, 0.3) is 0 Å². The molecule has 6 atom stereocenters. The Morgan fingerprint density at radius 2 is 0.560 bits per heavy atom. The van der Waals surface area contributed by atoms with Gasteiger partial charge in [-0.1, -0.05) is 312 Å². The fourth-order valence-corrected chi connectivity index (χ4v) is 12.4. The Kier molecular flexibility index (Phi) is 61.5. The van der Waals surface area contributed by atoms with Crippen molar-refractivity contribution < 1.29 is 80.2 Å². The molecule has 0 saturated carbocycles. The number of carbonyl (C=O) groups is 4. The van der Waals surface area contributed by atoms with E-state index >= 15 is 0 Å². The molecule has 0 aliphatic carbocycles. The van der Waals surface area contributed by atoms with Gasteiger partial charge < -0.3 is 33.8 Å². The highest BCUT2D eigenvalue weighted by atomic mass is 31.2. The van der Waals surface area contributed by atoms with Crippen molar-refractivity contribution in [2.75, 3.05) is 39.6 Å². The van der Waals surface area contributed by atoms with E-state index in [4.69, 9.17) is 37.0 Å². The minimum atomic E-state index is -4.95. The second-order valence-electron chi connectivity index (χ2n) is 27.2. The van der Waals surface area contributed by atoms with E-state index in [0.29, 0.717) is 25.7 Å². The molecule has 0 heterocycles. The zero-order chi connectivity index (χ0) is 67.3. The number of aliphatic hydroxyl groups excluding tert-OH is 1. The molecular weight excluding hydrogens is 1200 g/mol. The maximum Gasteiger partial charge on any atom is 0.472 e. The number of aliphatic hydroxyl groups is 1. The minimum Gasteiger partial charge on any atom is -0.462 e. The molecule has 0 amide bonds. The molecule has 540 valence electrons. The van der Waals surface area contributed by atoms with Crippen LogP contribution >= 0.6 is 15.6 Å². The maximum atomic E-state index is 13.0. The van der Waals surface area contributed by atoms with E-state index in [0.717, 1.165) is 114 Å². The van der Waals surface area contributed by atoms with Gasteiger partial charge in [-0.05, 0) is 43.4 Å². The Morgan fingerprint density at radius 1 is 0.319 bits per heavy atom. The molecule has 0 saturated heterocycles. The van der Waals surface area contributed by atoms with Gasteiger partial charge in [-0.3, -0.25) is 37.3 Å². The van der Waals surface area contributed by atoms with Gasteiger partial charge in [0.15, 0.2) is 12.2 Å². The van der Waals surface area contributed by atoms with Crippen LogP contribution in [0.1, 0.15) is 363 Å². The van der Waals surface area contributed by atoms with Crippen molar-refractivity contribution in [1.29, 1.82) is 0 Å². The van der Waals surface area contributed by atoms with Crippen LogP contribution < -0.4 is 0 Å². The summed E-state index contributed by atoms with van der Waals surface area (Å²) in [6.45, 7) is 11.8. The summed E-state index contributed by atoms with van der Waals surface area (Å²) in [7, 11) is -9.90. The summed E-state index contributed by atoms with van der Waals surface area (Å²) in [4.78, 5) is 72.4. The van der Waals surface area contributed by atoms with E-state index < -0.39 is 97.5 Å². The van der Waals surface area contributed by atoms with Crippen molar-refractivity contribution in [2.24, 2.45) is 17.8 Å². The van der Waals surface area contributed by atoms with Gasteiger partial charge in [-0.2, -0.15) is 0 Å². The van der Waals surface area contributed by atoms with E-state index in [1.54, 1.807) is 0 Å². The van der Waals surface area contributed by atoms with Gasteiger partial charge in [-0.15, -0.1) is 0 Å². The van der Waals surface area contributed by atoms with Crippen LogP contribution in [0.15, 0.2) is 0 Å². The Balaban J connectivity index is 5.16. The number of carbonyl (C=O) groups excluding carboxylic acids is 4. The van der Waals surface area contributed by atoms with Gasteiger partial charge in [0.05, 0.1) is 26.4 Å². The normalized spacial score (nSPS) is 14.5. The van der Waals surface area contributed by atoms with Crippen molar-refractivity contribution in [3.05, 3.63) is 0 Å². The largest absolute Gasteiger partial charge is 0.472 e. The lowest BCUT2D eigenvalue weighted by Gasteiger charge is -2.21. The van der Waals surface area contributed by atoms with Crippen LogP contribution in [0.4, 0.5) is 0 Å². The summed E-state index contributed by atoms with van der Waals surface area (Å²) in [5.74, 6) is 0.246. The van der Waals surface area contributed by atoms with Crippen LogP contribution in [0.25, 0.3) is 0 Å². The predicted molar refractivity (Wildman–Crippen MR) is 368 cm³/mol. The SMILES string of the molecule is CCCCCCCC(=O)OC[C@H](COP(=O)(O)OC[C@H](O)COP(=O)(O)OC[C@@H](COC(=O)CCCCCCCCCCCCCCC(C)C)OC(=O)CCCCCCCCCCCCCCCCC(C)CC)OC(=O)CCCCCCCCCCCCC(C)C. The molecule has 0 bridgehead atoms. The molecule has 17 nitrogen and oxygen atoms in total. The van der Waals surface area contributed by atoms with E-state index in [-0.39, 0.29) is 25.7 Å². The standard InChI is InChI=1S/C72H140O17P2/c1-8-10-11-36-46-53-69(74)82-59-67(88-71(76)56-49-42-35-29-23-22-25-31-38-44-51-64(5)6)61-86-90(78,79)84-57-66(73)58-85-91(80,81)87-62-68(60-83-70(75)54-47-40-33-27-20-17-16-18-24-30-37-43-50-63(3)4)89-72(77)55-48-41-34-28-21-15-13-12-14-19-26-32-39-45-52-65(7)9-2/h63-68,73H,8-62H2,1-7H3,(H,78,79)(H,80,81)/t65?,66-,67+,68+/m0/s1. The van der Waals surface area contributed by atoms with Gasteiger partial charge >= 0.3 is 39.5 Å². The molecule has 0 spiro atoms. The van der Waals surface area contributed by atoms with Crippen molar-refractivity contribution in [2.45, 2.75) is 381 Å². The smallest absolute Gasteiger partial charge is 0.462 e. The molecule has 3 unspecified atom stereocenters. The number of phosphoric acid groups is 2. The first-order valence-corrected chi connectivity index (χ1v) is 40.4. The fraction of sp³-hybridized carbons (Fsp3) is 0.944. The molecule has 0 rings (SSSR count). The molecule has 0 aliphatic rings. The first-order chi connectivity index (χ1) is 43.8. The molecule has 0 radical (unpaired) electrons. The Bertz CT molecular complexity index is 1790. The van der Waals surface area contributed by atoms with E-state index in [1.807, 2.05) is 0 Å². The van der Waals surface area contributed by atoms with Gasteiger partial charge in [-0.25, -0.2) is 9.13 Å². The minimum absolute atomic E-state index is 0.105. The lowest BCUT2D eigenvalue weighted by atomic mass is 9.99. The molecule has 0 aliphatic heterocycles. The number of unbranched alkanes of at least 4 members (excludes halogenated alkanes) is 37. The third-order valence-electron chi connectivity index (χ3n) is 17.0. The third kappa shape index (κ3) is 65.1. The zero-order valence-corrected chi connectivity index (χ0v) is 61.1. The Labute approximate surface area is 556 Å². The quantitative estimate of drug-likeness (QED) is 0.0222. The average molecular weight is 1340 g/mol. The van der Waals surface area contributed by atoms with Crippen molar-refractivity contribution in [3.63, 3.8) is 0 Å². The van der Waals surface area contributed by atoms with Crippen LogP contribution in [-0.4, -0.2) is 96.7 Å². The van der Waals surface area contributed by atoms with Crippen LogP contribution in [0, 0.1) is 17.8 Å². The van der Waals surface area contributed by atoms with Crippen LogP contribution in [0.2, 0.25) is 0 Å². The van der Waals surface area contributed by atoms with Crippen molar-refractivity contribution >= 4 is 39.5 Å². The van der Waals surface area contributed by atoms with Gasteiger partial charge in [0.2, 0.25) is 0 Å². The molecule has 19 heteroatoms. The average Bonchev–Trinajstić information content (AvgIpc) is 3.21. The second-order valence-corrected chi connectivity index (χ2v) is 30.1. The lowest BCUT2D eigenvalue weighted by Crippen LogP contribution is -2.30. The summed E-state index contributed by atoms with van der Waals surface area (Å²) < 4.78 is 68.2. The van der Waals surface area contributed by atoms with Gasteiger partial charge in [0.1, 0.15) is 19.3 Å². The molecule has 3 N–H and O–H groups in total. The number of ether oxygens (including phenoxy) is 4. The summed E-state index contributed by atoms with van der Waals surface area (Å²) >= 11 is 0. The number of phosphoric ester groups is 2. The van der Waals surface area contributed by atoms with Crippen LogP contribution in [0.5, 0.6) is 0 Å². The summed E-state index contributed by atoms with van der Waals surface area (Å²) in [6, 6.07) is 0. The molecule has 0 aromatic carbocycles. The number of hydrogen-bond donors (Lipinski definition) is 3. The van der Waals surface area contributed by atoms with Gasteiger partial charge in [0, 0.05) is 25.7 Å². The molecule has 0 aromatic rings. The highest BCUT2D eigenvalue weighted by molar-refractivity contribution is 7.47. The highest BCUT2D eigenvalue weighted by Gasteiger charge is 2.30. The zero-order valence-electron chi connectivity index (χ0n) is 59.3. The summed E-state index contributed by atoms with van der Waals surface area (Å²) in [5.41, 5.74) is 0. The first-order valence-electron chi connectivity index (χ1n) is 37.4. The predicted octanol–water partition coefficient (Wildman–Crippen LogP) is 20.6. The lowest BCUT2D eigenvalue weighted by molar-refractivity contribution is -0.161. The monoisotopic (exact) mass is 1340 g/mol. The fourth-order valence-electron chi connectivity index (χ4n) is 10.9. The first kappa shape index (κ1) is 89.1. The third-order valence-corrected chi connectivity index (χ3v) is 18.9. The van der Waals surface area contributed by atoms with E-state index in [1.165, 1.54) is 167 Å². The number of esters is 4. The molecule has 0 fully saturated rings. The number of hydrogen-bond acceptors (Lipinski definition) is 15. The molecule has 0 aromatic heterocycles. The number of rotatable bonds is 70. The van der Waals surface area contributed by atoms with Crippen LogP contribution in [-0.2, 0) is 65.4 Å². The van der Waals surface area contributed by atoms with Crippen molar-refractivity contribution in [1.82, 2.24) is 0 Å². The molecular formula is C72H140O17P2. The summed E-state index contributed by atoms with van der Waals surface area (Å²) in [5, 5.41) is 10.6. The van der Waals surface area contributed by atoms with Crippen molar-refractivity contribution in [3.8, 4) is 0 Å². The Morgan fingerprint density at radius 3 is 0.835 bits per heavy atom. The maximum absolute atomic E-state index is 13.0.